The van der Waals surface area contributed by atoms with Crippen LogP contribution in [0.25, 0.3) is 0 Å². The van der Waals surface area contributed by atoms with E-state index in [1.165, 1.54) is 12.8 Å². The Morgan fingerprint density at radius 1 is 1.44 bits per heavy atom. The third-order valence-corrected chi connectivity index (χ3v) is 2.43. The Balaban J connectivity index is 1.95. The van der Waals surface area contributed by atoms with Crippen LogP contribution in [0, 0.1) is 5.92 Å². The van der Waals surface area contributed by atoms with Crippen molar-refractivity contribution in [3.05, 3.63) is 0 Å². The highest BCUT2D eigenvalue weighted by Crippen LogP contribution is 2.28. The maximum Gasteiger partial charge on any atom is 0.320 e. The second-order valence-electron chi connectivity index (χ2n) is 4.79. The van der Waals surface area contributed by atoms with Gasteiger partial charge in [0.05, 0.1) is 19.3 Å². The molecule has 0 heterocycles. The third kappa shape index (κ3) is 6.80. The van der Waals surface area contributed by atoms with E-state index in [0.717, 1.165) is 19.1 Å². The van der Waals surface area contributed by atoms with Gasteiger partial charge < -0.3 is 9.47 Å². The minimum Gasteiger partial charge on any atom is -0.462 e. The smallest absolute Gasteiger partial charge is 0.320 e. The zero-order chi connectivity index (χ0) is 12.0. The van der Waals surface area contributed by atoms with Gasteiger partial charge in [0.25, 0.3) is 0 Å². The number of ether oxygens (including phenoxy) is 2. The maximum absolute atomic E-state index is 11.3. The van der Waals surface area contributed by atoms with Gasteiger partial charge in [0.1, 0.15) is 0 Å². The van der Waals surface area contributed by atoms with Gasteiger partial charge in [-0.2, -0.15) is 0 Å². The summed E-state index contributed by atoms with van der Waals surface area (Å²) in [7, 11) is 1.90. The van der Waals surface area contributed by atoms with E-state index >= 15 is 0 Å². The van der Waals surface area contributed by atoms with Crippen LogP contribution in [-0.4, -0.2) is 50.3 Å². The molecular weight excluding hydrogens is 206 g/mol. The van der Waals surface area contributed by atoms with Gasteiger partial charge in [0, 0.05) is 13.2 Å². The van der Waals surface area contributed by atoms with Crippen LogP contribution in [-0.2, 0) is 14.3 Å². The molecule has 1 aliphatic carbocycles. The highest BCUT2D eigenvalue weighted by Gasteiger charge is 2.21. The Bertz CT molecular complexity index is 214. The van der Waals surface area contributed by atoms with Gasteiger partial charge in [-0.05, 0) is 39.7 Å². The summed E-state index contributed by atoms with van der Waals surface area (Å²) in [5, 5.41) is 0. The second-order valence-corrected chi connectivity index (χ2v) is 4.79. The Labute approximate surface area is 97.9 Å². The predicted molar refractivity (Wildman–Crippen MR) is 62.3 cm³/mol. The number of hydrogen-bond donors (Lipinski definition) is 0. The highest BCUT2D eigenvalue weighted by atomic mass is 16.5. The van der Waals surface area contributed by atoms with Crippen LogP contribution in [0.15, 0.2) is 0 Å². The van der Waals surface area contributed by atoms with Crippen molar-refractivity contribution in [1.29, 1.82) is 0 Å². The molecule has 1 aliphatic rings. The van der Waals surface area contributed by atoms with Crippen LogP contribution in [0.5, 0.6) is 0 Å². The molecule has 16 heavy (non-hydrogen) atoms. The van der Waals surface area contributed by atoms with Crippen molar-refractivity contribution in [2.45, 2.75) is 32.8 Å². The number of carbonyl (C=O) groups is 1. The molecule has 4 heteroatoms. The zero-order valence-corrected chi connectivity index (χ0v) is 10.6. The fourth-order valence-corrected chi connectivity index (χ4v) is 1.35. The summed E-state index contributed by atoms with van der Waals surface area (Å²) in [6, 6.07) is 0. The molecule has 1 rings (SSSR count). The van der Waals surface area contributed by atoms with E-state index in [9.17, 15) is 4.79 Å². The van der Waals surface area contributed by atoms with E-state index in [4.69, 9.17) is 9.47 Å². The second kappa shape index (κ2) is 6.86. The van der Waals surface area contributed by atoms with Crippen LogP contribution >= 0.6 is 0 Å². The predicted octanol–water partition coefficient (Wildman–Crippen LogP) is 1.30. The number of nitrogens with zero attached hydrogens (tertiary/aromatic N) is 1. The summed E-state index contributed by atoms with van der Waals surface area (Å²) < 4.78 is 10.6. The average Bonchev–Trinajstić information content (AvgIpc) is 2.94. The summed E-state index contributed by atoms with van der Waals surface area (Å²) in [6.07, 6.45) is 2.60. The summed E-state index contributed by atoms with van der Waals surface area (Å²) in [5.74, 6) is 0.635. The minimum atomic E-state index is -0.167. The molecule has 0 spiro atoms. The van der Waals surface area contributed by atoms with Crippen LogP contribution in [0.1, 0.15) is 26.7 Å². The number of likely N-dealkylation sites (N-methyl/N-ethyl adjacent to an activating group) is 1. The number of hydrogen-bond acceptors (Lipinski definition) is 4. The quantitative estimate of drug-likeness (QED) is 0.464. The normalized spacial score (nSPS) is 15.8. The van der Waals surface area contributed by atoms with Crippen molar-refractivity contribution >= 4 is 5.97 Å². The van der Waals surface area contributed by atoms with Crippen molar-refractivity contribution in [3.63, 3.8) is 0 Å². The van der Waals surface area contributed by atoms with Crippen molar-refractivity contribution in [2.75, 3.05) is 33.4 Å². The number of rotatable bonds is 8. The molecule has 0 saturated heterocycles. The summed E-state index contributed by atoms with van der Waals surface area (Å²) in [6.45, 7) is 6.41. The molecule has 0 bridgehead atoms. The molecule has 1 fully saturated rings. The Hall–Kier alpha value is -0.610. The molecule has 0 amide bonds. The van der Waals surface area contributed by atoms with Crippen LogP contribution in [0.3, 0.4) is 0 Å². The molecule has 0 atom stereocenters. The van der Waals surface area contributed by atoms with Crippen LogP contribution in [0.4, 0.5) is 0 Å². The van der Waals surface area contributed by atoms with Crippen molar-refractivity contribution < 1.29 is 14.3 Å². The third-order valence-electron chi connectivity index (χ3n) is 2.43. The number of esters is 1. The SMILES string of the molecule is CC(C)OC(=O)CN(C)CCOCC1CC1. The molecule has 0 radical (unpaired) electrons. The van der Waals surface area contributed by atoms with Gasteiger partial charge in [-0.3, -0.25) is 9.69 Å². The zero-order valence-electron chi connectivity index (χ0n) is 10.6. The molecule has 1 saturated carbocycles. The molecule has 4 nitrogen and oxygen atoms in total. The first-order valence-corrected chi connectivity index (χ1v) is 6.03. The Morgan fingerprint density at radius 2 is 2.12 bits per heavy atom. The van der Waals surface area contributed by atoms with Crippen molar-refractivity contribution in [2.24, 2.45) is 5.92 Å². The standard InChI is InChI=1S/C12H23NO3/c1-10(2)16-12(14)8-13(3)6-7-15-9-11-4-5-11/h10-11H,4-9H2,1-3H3. The topological polar surface area (TPSA) is 38.8 Å². The average molecular weight is 229 g/mol. The first-order chi connectivity index (χ1) is 7.58. The monoisotopic (exact) mass is 229 g/mol. The number of carbonyl (C=O) groups excluding carboxylic acids is 1. The van der Waals surface area contributed by atoms with E-state index in [-0.39, 0.29) is 12.1 Å². The van der Waals surface area contributed by atoms with Gasteiger partial charge in [-0.15, -0.1) is 0 Å². The highest BCUT2D eigenvalue weighted by molar-refractivity contribution is 5.71. The van der Waals surface area contributed by atoms with E-state index < -0.39 is 0 Å². The van der Waals surface area contributed by atoms with E-state index in [1.54, 1.807) is 0 Å². The lowest BCUT2D eigenvalue weighted by molar-refractivity contribution is -0.148. The van der Waals surface area contributed by atoms with Crippen molar-refractivity contribution in [1.82, 2.24) is 4.90 Å². The van der Waals surface area contributed by atoms with E-state index in [0.29, 0.717) is 13.2 Å². The fraction of sp³-hybridized carbons (Fsp3) is 0.917. The van der Waals surface area contributed by atoms with Gasteiger partial charge in [0.15, 0.2) is 0 Å². The molecule has 0 unspecified atom stereocenters. The molecule has 0 aromatic heterocycles. The van der Waals surface area contributed by atoms with Gasteiger partial charge in [0.2, 0.25) is 0 Å². The van der Waals surface area contributed by atoms with Crippen LogP contribution in [0.2, 0.25) is 0 Å². The Morgan fingerprint density at radius 3 is 2.69 bits per heavy atom. The van der Waals surface area contributed by atoms with Crippen molar-refractivity contribution in [3.8, 4) is 0 Å². The summed E-state index contributed by atoms with van der Waals surface area (Å²) in [5.41, 5.74) is 0. The molecular formula is C12H23NO3. The minimum absolute atomic E-state index is 0.0352. The first kappa shape index (κ1) is 13.5. The van der Waals surface area contributed by atoms with Gasteiger partial charge in [-0.1, -0.05) is 0 Å². The van der Waals surface area contributed by atoms with E-state index in [1.807, 2.05) is 25.8 Å². The van der Waals surface area contributed by atoms with E-state index in [2.05, 4.69) is 0 Å². The summed E-state index contributed by atoms with van der Waals surface area (Å²) >= 11 is 0. The summed E-state index contributed by atoms with van der Waals surface area (Å²) in [4.78, 5) is 13.2. The first-order valence-electron chi connectivity index (χ1n) is 6.03. The maximum atomic E-state index is 11.3. The molecule has 94 valence electrons. The lowest BCUT2D eigenvalue weighted by Gasteiger charge is -2.16. The van der Waals surface area contributed by atoms with Gasteiger partial charge in [-0.25, -0.2) is 0 Å². The Kier molecular flexibility index (Phi) is 5.77. The fourth-order valence-electron chi connectivity index (χ4n) is 1.35. The largest absolute Gasteiger partial charge is 0.462 e. The molecule has 0 N–H and O–H groups in total. The lowest BCUT2D eigenvalue weighted by atomic mass is 10.4. The molecule has 0 aromatic carbocycles. The lowest BCUT2D eigenvalue weighted by Crippen LogP contribution is -2.31. The van der Waals surface area contributed by atoms with Crippen LogP contribution < -0.4 is 0 Å². The van der Waals surface area contributed by atoms with Gasteiger partial charge >= 0.3 is 5.97 Å². The molecule has 0 aromatic rings. The molecule has 0 aliphatic heterocycles.